The van der Waals surface area contributed by atoms with Crippen molar-refractivity contribution < 1.29 is 4.74 Å². The Hall–Kier alpha value is -3.18. The molecule has 152 valence electrons. The van der Waals surface area contributed by atoms with Gasteiger partial charge >= 0.3 is 0 Å². The number of aryl methyl sites for hydroxylation is 1. The van der Waals surface area contributed by atoms with E-state index in [0.29, 0.717) is 6.54 Å². The molecule has 2 aliphatic rings. The standard InChI is InChI=1S/C25H25N3O2/c1-18-3-2-4-19(13-18)17-28-8-7-20(14-25(28)29)22-5-6-24-23(22)15-21(16-26-24)27-9-11-30-12-10-27/h2-5,7-8,13-16H,6,9-12,17H2,1H3. The third-order valence-corrected chi connectivity index (χ3v) is 5.86. The minimum Gasteiger partial charge on any atom is -0.378 e. The van der Waals surface area contributed by atoms with Crippen LogP contribution in [0.25, 0.3) is 5.57 Å². The largest absolute Gasteiger partial charge is 0.378 e. The summed E-state index contributed by atoms with van der Waals surface area (Å²) < 4.78 is 7.23. The van der Waals surface area contributed by atoms with Crippen LogP contribution in [0.4, 0.5) is 5.69 Å². The molecule has 5 rings (SSSR count). The fraction of sp³-hybridized carbons (Fsp3) is 0.280. The van der Waals surface area contributed by atoms with Gasteiger partial charge in [0.25, 0.3) is 5.56 Å². The van der Waals surface area contributed by atoms with Gasteiger partial charge < -0.3 is 14.2 Å². The number of allylic oxidation sites excluding steroid dienone is 1. The van der Waals surface area contributed by atoms with Crippen LogP contribution in [0, 0.1) is 6.92 Å². The van der Waals surface area contributed by atoms with Gasteiger partial charge in [-0.05, 0) is 35.8 Å². The molecule has 0 unspecified atom stereocenters. The Bertz CT molecular complexity index is 1170. The Kier molecular flexibility index (Phi) is 4.97. The van der Waals surface area contributed by atoms with E-state index in [1.54, 1.807) is 10.6 Å². The van der Waals surface area contributed by atoms with Crippen LogP contribution in [0.1, 0.15) is 27.9 Å². The number of anilines is 1. The van der Waals surface area contributed by atoms with Crippen LogP contribution in [0.3, 0.4) is 0 Å². The maximum Gasteiger partial charge on any atom is 0.251 e. The molecule has 1 aliphatic heterocycles. The summed E-state index contributed by atoms with van der Waals surface area (Å²) in [7, 11) is 0. The first-order valence-electron chi connectivity index (χ1n) is 10.5. The van der Waals surface area contributed by atoms with Gasteiger partial charge in [0.1, 0.15) is 0 Å². The first kappa shape index (κ1) is 18.8. The molecule has 30 heavy (non-hydrogen) atoms. The summed E-state index contributed by atoms with van der Waals surface area (Å²) in [5.41, 5.74) is 7.75. The molecule has 0 bridgehead atoms. The number of pyridine rings is 2. The highest BCUT2D eigenvalue weighted by Gasteiger charge is 2.20. The monoisotopic (exact) mass is 399 g/mol. The molecule has 0 spiro atoms. The second kappa shape index (κ2) is 7.92. The smallest absolute Gasteiger partial charge is 0.251 e. The zero-order valence-corrected chi connectivity index (χ0v) is 17.2. The Morgan fingerprint density at radius 2 is 1.97 bits per heavy atom. The van der Waals surface area contributed by atoms with Gasteiger partial charge in [-0.2, -0.15) is 0 Å². The van der Waals surface area contributed by atoms with Crippen LogP contribution in [0.2, 0.25) is 0 Å². The molecule has 0 N–H and O–H groups in total. The van der Waals surface area contributed by atoms with Crippen LogP contribution in [-0.2, 0) is 17.7 Å². The molecule has 2 aromatic heterocycles. The molecule has 0 atom stereocenters. The van der Waals surface area contributed by atoms with Crippen molar-refractivity contribution in [2.24, 2.45) is 0 Å². The van der Waals surface area contributed by atoms with E-state index in [9.17, 15) is 4.79 Å². The van der Waals surface area contributed by atoms with Crippen molar-refractivity contribution in [1.82, 2.24) is 9.55 Å². The lowest BCUT2D eigenvalue weighted by Crippen LogP contribution is -2.36. The molecule has 0 amide bonds. The maximum absolute atomic E-state index is 12.8. The molecule has 0 saturated carbocycles. The third kappa shape index (κ3) is 3.68. The highest BCUT2D eigenvalue weighted by Crippen LogP contribution is 2.33. The summed E-state index contributed by atoms with van der Waals surface area (Å²) in [6.45, 7) is 5.92. The predicted molar refractivity (Wildman–Crippen MR) is 119 cm³/mol. The van der Waals surface area contributed by atoms with Gasteiger partial charge in [-0.3, -0.25) is 9.78 Å². The molecule has 5 heteroatoms. The van der Waals surface area contributed by atoms with Gasteiger partial charge in [0.2, 0.25) is 0 Å². The van der Waals surface area contributed by atoms with E-state index in [2.05, 4.69) is 42.2 Å². The summed E-state index contributed by atoms with van der Waals surface area (Å²) in [6, 6.07) is 14.3. The molecule has 3 heterocycles. The third-order valence-electron chi connectivity index (χ3n) is 5.86. The molecule has 1 aromatic carbocycles. The normalized spacial score (nSPS) is 15.8. The van der Waals surface area contributed by atoms with Crippen molar-refractivity contribution in [3.63, 3.8) is 0 Å². The Morgan fingerprint density at radius 3 is 2.77 bits per heavy atom. The van der Waals surface area contributed by atoms with E-state index in [4.69, 9.17) is 9.72 Å². The number of benzene rings is 1. The average Bonchev–Trinajstić information content (AvgIpc) is 3.19. The van der Waals surface area contributed by atoms with E-state index >= 15 is 0 Å². The molecule has 5 nitrogen and oxygen atoms in total. The summed E-state index contributed by atoms with van der Waals surface area (Å²) in [6.07, 6.45) is 6.85. The zero-order chi connectivity index (χ0) is 20.5. The molecule has 1 fully saturated rings. The minimum atomic E-state index is 0.0145. The van der Waals surface area contributed by atoms with Crippen molar-refractivity contribution >= 4 is 11.3 Å². The lowest BCUT2D eigenvalue weighted by molar-refractivity contribution is 0.122. The van der Waals surface area contributed by atoms with Gasteiger partial charge in [-0.15, -0.1) is 0 Å². The first-order chi connectivity index (χ1) is 14.7. The lowest BCUT2D eigenvalue weighted by atomic mass is 10.0. The highest BCUT2D eigenvalue weighted by atomic mass is 16.5. The van der Waals surface area contributed by atoms with E-state index in [1.165, 1.54) is 5.56 Å². The van der Waals surface area contributed by atoms with E-state index in [1.807, 2.05) is 24.5 Å². The predicted octanol–water partition coefficient (Wildman–Crippen LogP) is 3.42. The van der Waals surface area contributed by atoms with Crippen LogP contribution in [-0.4, -0.2) is 35.9 Å². The number of nitrogens with zero attached hydrogens (tertiary/aromatic N) is 3. The van der Waals surface area contributed by atoms with Crippen LogP contribution in [0.5, 0.6) is 0 Å². The summed E-state index contributed by atoms with van der Waals surface area (Å²) in [4.78, 5) is 19.8. The molecular formula is C25H25N3O2. The van der Waals surface area contributed by atoms with Crippen molar-refractivity contribution in [2.45, 2.75) is 19.9 Å². The van der Waals surface area contributed by atoms with Crippen LogP contribution < -0.4 is 10.5 Å². The number of hydrogen-bond donors (Lipinski definition) is 0. The van der Waals surface area contributed by atoms with Crippen molar-refractivity contribution in [2.75, 3.05) is 31.2 Å². The minimum absolute atomic E-state index is 0.0145. The Labute approximate surface area is 176 Å². The van der Waals surface area contributed by atoms with Crippen molar-refractivity contribution in [3.8, 4) is 0 Å². The topological polar surface area (TPSA) is 47.4 Å². The Morgan fingerprint density at radius 1 is 1.10 bits per heavy atom. The van der Waals surface area contributed by atoms with Gasteiger partial charge in [0, 0.05) is 37.3 Å². The summed E-state index contributed by atoms with van der Waals surface area (Å²) in [5.74, 6) is 0. The maximum atomic E-state index is 12.8. The van der Waals surface area contributed by atoms with E-state index < -0.39 is 0 Å². The average molecular weight is 399 g/mol. The van der Waals surface area contributed by atoms with Crippen molar-refractivity contribution in [3.05, 3.63) is 99.2 Å². The van der Waals surface area contributed by atoms with Crippen LogP contribution >= 0.6 is 0 Å². The number of hydrogen-bond acceptors (Lipinski definition) is 4. The number of morpholine rings is 1. The fourth-order valence-electron chi connectivity index (χ4n) is 4.27. The molecule has 1 aliphatic carbocycles. The first-order valence-corrected chi connectivity index (χ1v) is 10.5. The van der Waals surface area contributed by atoms with Gasteiger partial charge in [-0.1, -0.05) is 35.9 Å². The Balaban J connectivity index is 1.42. The highest BCUT2D eigenvalue weighted by molar-refractivity contribution is 5.85. The summed E-state index contributed by atoms with van der Waals surface area (Å²) in [5, 5.41) is 0. The number of fused-ring (bicyclic) bond motifs is 1. The molecule has 1 saturated heterocycles. The molecular weight excluding hydrogens is 374 g/mol. The van der Waals surface area contributed by atoms with Gasteiger partial charge in [-0.25, -0.2) is 0 Å². The van der Waals surface area contributed by atoms with E-state index in [0.717, 1.165) is 66.4 Å². The number of aromatic nitrogens is 2. The second-order valence-electron chi connectivity index (χ2n) is 7.98. The quantitative estimate of drug-likeness (QED) is 0.675. The SMILES string of the molecule is Cc1cccc(Cn2ccc(C3=CCc4ncc(N5CCOCC5)cc43)cc2=O)c1. The number of ether oxygens (including phenoxy) is 1. The van der Waals surface area contributed by atoms with E-state index in [-0.39, 0.29) is 5.56 Å². The summed E-state index contributed by atoms with van der Waals surface area (Å²) >= 11 is 0. The van der Waals surface area contributed by atoms with Gasteiger partial charge in [0.05, 0.1) is 37.3 Å². The molecule has 0 radical (unpaired) electrons. The van der Waals surface area contributed by atoms with Crippen molar-refractivity contribution in [1.29, 1.82) is 0 Å². The zero-order valence-electron chi connectivity index (χ0n) is 17.2. The lowest BCUT2D eigenvalue weighted by Gasteiger charge is -2.29. The molecule has 3 aromatic rings. The van der Waals surface area contributed by atoms with Gasteiger partial charge in [0.15, 0.2) is 0 Å². The fourth-order valence-corrected chi connectivity index (χ4v) is 4.27. The number of rotatable bonds is 4. The second-order valence-corrected chi connectivity index (χ2v) is 7.98. The van der Waals surface area contributed by atoms with Crippen LogP contribution in [0.15, 0.2) is 65.7 Å².